The van der Waals surface area contributed by atoms with Crippen LogP contribution in [0.3, 0.4) is 0 Å². The lowest BCUT2D eigenvalue weighted by Gasteiger charge is -2.24. The maximum Gasteiger partial charge on any atom is 0.350 e. The van der Waals surface area contributed by atoms with E-state index in [0.717, 1.165) is 5.56 Å². The van der Waals surface area contributed by atoms with E-state index in [1.54, 1.807) is 57.4 Å². The second-order valence-electron chi connectivity index (χ2n) is 7.14. The van der Waals surface area contributed by atoms with Gasteiger partial charge in [0.2, 0.25) is 5.43 Å². The molecule has 0 amide bonds. The van der Waals surface area contributed by atoms with Crippen molar-refractivity contribution in [3.8, 4) is 0 Å². The molecular formula is C20H28NO6P. The highest BCUT2D eigenvalue weighted by molar-refractivity contribution is 7.52. The molecule has 0 atom stereocenters. The molecular weight excluding hydrogens is 381 g/mol. The Balaban J connectivity index is 2.68. The number of fused-ring (bicyclic) bond motifs is 1. The Hall–Kier alpha value is -1.95. The molecule has 0 aliphatic rings. The molecule has 0 bridgehead atoms. The summed E-state index contributed by atoms with van der Waals surface area (Å²) in [6.07, 6.45) is 0.612. The molecule has 0 saturated heterocycles. The second-order valence-corrected chi connectivity index (χ2v) is 9.07. The first kappa shape index (κ1) is 22.3. The number of carbonyl (C=O) groups is 1. The smallest absolute Gasteiger partial charge is 0.350 e. The largest absolute Gasteiger partial charge is 0.462 e. The van der Waals surface area contributed by atoms with Gasteiger partial charge < -0.3 is 18.4 Å². The van der Waals surface area contributed by atoms with Crippen LogP contribution in [0.25, 0.3) is 10.9 Å². The summed E-state index contributed by atoms with van der Waals surface area (Å²) < 4.78 is 31.2. The molecule has 0 aliphatic carbocycles. The van der Waals surface area contributed by atoms with Gasteiger partial charge >= 0.3 is 13.6 Å². The molecule has 1 heterocycles. The molecule has 0 radical (unpaired) electrons. The zero-order valence-electron chi connectivity index (χ0n) is 17.2. The standard InChI is InChI=1S/C20H28NO6P/c1-7-25-20(23)17-11-21(12-28(24,26-13(2)3)27-14(4)5)18-10-15(6)8-9-16(18)19(17)22/h8-11,13-14H,7,12H2,1-6H3. The van der Waals surface area contributed by atoms with Crippen molar-refractivity contribution >= 4 is 24.5 Å². The summed E-state index contributed by atoms with van der Waals surface area (Å²) in [5, 5.41) is 0.344. The van der Waals surface area contributed by atoms with Gasteiger partial charge in [0, 0.05) is 11.6 Å². The number of carbonyl (C=O) groups excluding carboxylic acids is 1. The maximum atomic E-state index is 13.4. The van der Waals surface area contributed by atoms with Gasteiger partial charge in [0.15, 0.2) is 0 Å². The van der Waals surface area contributed by atoms with Crippen LogP contribution in [0.15, 0.2) is 29.2 Å². The molecule has 8 heteroatoms. The summed E-state index contributed by atoms with van der Waals surface area (Å²) in [5.41, 5.74) is 0.944. The summed E-state index contributed by atoms with van der Waals surface area (Å²) in [6.45, 7) is 10.8. The average Bonchev–Trinajstić information content (AvgIpc) is 2.55. The number of aryl methyl sites for hydroxylation is 1. The first-order valence-corrected chi connectivity index (χ1v) is 11.1. The molecule has 7 nitrogen and oxygen atoms in total. The predicted molar refractivity (Wildman–Crippen MR) is 109 cm³/mol. The number of aromatic nitrogens is 1. The fourth-order valence-electron chi connectivity index (χ4n) is 2.89. The summed E-state index contributed by atoms with van der Waals surface area (Å²) in [4.78, 5) is 25.1. The lowest BCUT2D eigenvalue weighted by Crippen LogP contribution is -2.22. The van der Waals surface area contributed by atoms with Crippen molar-refractivity contribution < 1.29 is 23.1 Å². The van der Waals surface area contributed by atoms with E-state index < -0.39 is 19.0 Å². The summed E-state index contributed by atoms with van der Waals surface area (Å²) >= 11 is 0. The van der Waals surface area contributed by atoms with Gasteiger partial charge in [-0.15, -0.1) is 0 Å². The molecule has 28 heavy (non-hydrogen) atoms. The van der Waals surface area contributed by atoms with E-state index in [0.29, 0.717) is 10.9 Å². The first-order valence-electron chi connectivity index (χ1n) is 9.33. The van der Waals surface area contributed by atoms with Crippen molar-refractivity contribution in [3.05, 3.63) is 45.7 Å². The van der Waals surface area contributed by atoms with Crippen LogP contribution >= 0.6 is 7.60 Å². The summed E-state index contributed by atoms with van der Waals surface area (Å²) in [7, 11) is -3.54. The van der Waals surface area contributed by atoms with E-state index in [-0.39, 0.29) is 30.7 Å². The Labute approximate surface area is 165 Å². The molecule has 2 rings (SSSR count). The van der Waals surface area contributed by atoms with Crippen molar-refractivity contribution in [2.45, 2.75) is 60.0 Å². The number of ether oxygens (including phenoxy) is 1. The minimum atomic E-state index is -3.54. The average molecular weight is 409 g/mol. The van der Waals surface area contributed by atoms with E-state index in [4.69, 9.17) is 13.8 Å². The Morgan fingerprint density at radius 1 is 1.14 bits per heavy atom. The van der Waals surface area contributed by atoms with Crippen LogP contribution in [-0.4, -0.2) is 29.4 Å². The van der Waals surface area contributed by atoms with Crippen molar-refractivity contribution in [2.75, 3.05) is 6.61 Å². The number of hydrogen-bond donors (Lipinski definition) is 0. The quantitative estimate of drug-likeness (QED) is 0.472. The summed E-state index contributed by atoms with van der Waals surface area (Å²) in [5.74, 6) is -0.715. The lowest BCUT2D eigenvalue weighted by molar-refractivity contribution is 0.0523. The van der Waals surface area contributed by atoms with E-state index in [9.17, 15) is 14.2 Å². The van der Waals surface area contributed by atoms with Crippen LogP contribution in [0.2, 0.25) is 0 Å². The van der Waals surface area contributed by atoms with Crippen LogP contribution < -0.4 is 5.43 Å². The number of nitrogens with zero attached hydrogens (tertiary/aromatic N) is 1. The highest BCUT2D eigenvalue weighted by Crippen LogP contribution is 2.52. The zero-order valence-corrected chi connectivity index (χ0v) is 18.1. The third-order valence-electron chi connectivity index (χ3n) is 3.80. The van der Waals surface area contributed by atoms with Crippen molar-refractivity contribution in [3.63, 3.8) is 0 Å². The fraction of sp³-hybridized carbons (Fsp3) is 0.500. The Bertz CT molecular complexity index is 949. The molecule has 0 fully saturated rings. The summed E-state index contributed by atoms with van der Waals surface area (Å²) in [6, 6.07) is 5.25. The topological polar surface area (TPSA) is 83.8 Å². The fourth-order valence-corrected chi connectivity index (χ4v) is 4.97. The van der Waals surface area contributed by atoms with Crippen molar-refractivity contribution in [1.82, 2.24) is 4.57 Å². The lowest BCUT2D eigenvalue weighted by atomic mass is 10.1. The SMILES string of the molecule is CCOC(=O)c1cn(CP(=O)(OC(C)C)OC(C)C)c2cc(C)ccc2c1=O. The van der Waals surface area contributed by atoms with Gasteiger partial charge in [0.1, 0.15) is 11.8 Å². The van der Waals surface area contributed by atoms with Gasteiger partial charge in [-0.1, -0.05) is 6.07 Å². The van der Waals surface area contributed by atoms with Crippen LogP contribution in [0.5, 0.6) is 0 Å². The van der Waals surface area contributed by atoms with Gasteiger partial charge in [-0.25, -0.2) is 4.79 Å². The van der Waals surface area contributed by atoms with Crippen molar-refractivity contribution in [2.24, 2.45) is 0 Å². The van der Waals surface area contributed by atoms with E-state index in [1.807, 2.05) is 6.92 Å². The molecule has 0 saturated carbocycles. The normalized spacial score (nSPS) is 12.1. The monoisotopic (exact) mass is 409 g/mol. The highest BCUT2D eigenvalue weighted by Gasteiger charge is 2.30. The molecule has 0 unspecified atom stereocenters. The number of rotatable bonds is 8. The molecule has 1 aromatic heterocycles. The molecule has 0 spiro atoms. The number of hydrogen-bond acceptors (Lipinski definition) is 6. The maximum absolute atomic E-state index is 13.4. The zero-order chi connectivity index (χ0) is 21.1. The van der Waals surface area contributed by atoms with Crippen LogP contribution in [0, 0.1) is 6.92 Å². The predicted octanol–water partition coefficient (Wildman–Crippen LogP) is 4.49. The first-order chi connectivity index (χ1) is 13.1. The van der Waals surface area contributed by atoms with Crippen LogP contribution in [0.4, 0.5) is 0 Å². The van der Waals surface area contributed by atoms with Gasteiger partial charge in [0.25, 0.3) is 0 Å². The number of pyridine rings is 1. The molecule has 0 aliphatic heterocycles. The Morgan fingerprint density at radius 3 is 2.29 bits per heavy atom. The molecule has 1 aromatic carbocycles. The van der Waals surface area contributed by atoms with Gasteiger partial charge in [-0.05, 0) is 59.2 Å². The Kier molecular flexibility index (Phi) is 7.21. The van der Waals surface area contributed by atoms with E-state index in [1.165, 1.54) is 6.20 Å². The molecule has 154 valence electrons. The van der Waals surface area contributed by atoms with Gasteiger partial charge in [-0.3, -0.25) is 9.36 Å². The van der Waals surface area contributed by atoms with Crippen molar-refractivity contribution in [1.29, 1.82) is 0 Å². The molecule has 2 aromatic rings. The second kappa shape index (κ2) is 9.03. The van der Waals surface area contributed by atoms with E-state index in [2.05, 4.69) is 0 Å². The van der Waals surface area contributed by atoms with Gasteiger partial charge in [0.05, 0.1) is 24.3 Å². The Morgan fingerprint density at radius 2 is 1.75 bits per heavy atom. The minimum absolute atomic E-state index is 0.112. The third-order valence-corrected chi connectivity index (χ3v) is 5.94. The van der Waals surface area contributed by atoms with E-state index >= 15 is 0 Å². The van der Waals surface area contributed by atoms with Crippen LogP contribution in [-0.2, 0) is 24.6 Å². The van der Waals surface area contributed by atoms with Gasteiger partial charge in [-0.2, -0.15) is 0 Å². The number of benzene rings is 1. The van der Waals surface area contributed by atoms with Crippen LogP contribution in [0.1, 0.15) is 50.5 Å². The number of esters is 1. The molecule has 0 N–H and O–H groups in total. The highest BCUT2D eigenvalue weighted by atomic mass is 31.2. The third kappa shape index (κ3) is 5.31. The minimum Gasteiger partial charge on any atom is -0.462 e.